The third kappa shape index (κ3) is 5.52. The van der Waals surface area contributed by atoms with E-state index in [1.807, 2.05) is 13.8 Å². The summed E-state index contributed by atoms with van der Waals surface area (Å²) in [6.07, 6.45) is -2.05. The normalized spacial score (nSPS) is 12.0. The lowest BCUT2D eigenvalue weighted by Gasteiger charge is -2.17. The smallest absolute Gasteiger partial charge is 0.287 e. The highest BCUT2D eigenvalue weighted by Gasteiger charge is 2.33. The van der Waals surface area contributed by atoms with Crippen LogP contribution in [-0.4, -0.2) is 23.8 Å². The van der Waals surface area contributed by atoms with Gasteiger partial charge in [-0.3, -0.25) is 28.7 Å². The summed E-state index contributed by atoms with van der Waals surface area (Å²) in [6.45, 7) is 7.03. The van der Waals surface area contributed by atoms with Crippen molar-refractivity contribution >= 4 is 5.69 Å². The van der Waals surface area contributed by atoms with E-state index in [0.29, 0.717) is 0 Å². The summed E-state index contributed by atoms with van der Waals surface area (Å²) >= 11 is 0. The first-order chi connectivity index (χ1) is 16.3. The van der Waals surface area contributed by atoms with Crippen molar-refractivity contribution in [3.8, 4) is 11.3 Å². The highest BCUT2D eigenvalue weighted by molar-refractivity contribution is 5.68. The van der Waals surface area contributed by atoms with Crippen LogP contribution >= 0.6 is 0 Å². The lowest BCUT2D eigenvalue weighted by molar-refractivity contribution is -0.386. The van der Waals surface area contributed by atoms with Crippen LogP contribution < -0.4 is 11.2 Å². The van der Waals surface area contributed by atoms with Crippen molar-refractivity contribution in [2.45, 2.75) is 53.5 Å². The maximum Gasteiger partial charge on any atom is 0.416 e. The molecule has 0 bridgehead atoms. The van der Waals surface area contributed by atoms with Gasteiger partial charge in [-0.2, -0.15) is 18.3 Å². The molecule has 0 aliphatic heterocycles. The molecule has 0 aliphatic rings. The predicted octanol–water partition coefficient (Wildman–Crippen LogP) is 4.16. The maximum absolute atomic E-state index is 13.4. The molecule has 188 valence electrons. The van der Waals surface area contributed by atoms with E-state index in [2.05, 4.69) is 5.10 Å². The standard InChI is InChI=1S/C23H26F3N5O4/c1-14(2)10-29-19(20(31(34)35)21(32)30(22(29)33)11-15(3)4)17-9-27-28(13-17)12-16-7-5-6-8-18(16)23(24,25)26/h5-9,13-15H,10-12H2,1-4H3. The van der Waals surface area contributed by atoms with E-state index in [1.165, 1.54) is 39.8 Å². The van der Waals surface area contributed by atoms with Crippen LogP contribution in [-0.2, 0) is 25.8 Å². The minimum atomic E-state index is -4.57. The molecule has 0 aliphatic carbocycles. The van der Waals surface area contributed by atoms with Gasteiger partial charge in [-0.15, -0.1) is 0 Å². The molecule has 0 radical (unpaired) electrons. The van der Waals surface area contributed by atoms with Gasteiger partial charge in [0.05, 0.1) is 23.2 Å². The number of nitrogens with zero attached hydrogens (tertiary/aromatic N) is 5. The number of rotatable bonds is 8. The van der Waals surface area contributed by atoms with Gasteiger partial charge in [0.25, 0.3) is 0 Å². The summed E-state index contributed by atoms with van der Waals surface area (Å²) in [7, 11) is 0. The maximum atomic E-state index is 13.4. The summed E-state index contributed by atoms with van der Waals surface area (Å²) in [5.41, 5.74) is -3.48. The second-order valence-electron chi connectivity index (χ2n) is 9.13. The van der Waals surface area contributed by atoms with Crippen LogP contribution in [0, 0.1) is 22.0 Å². The zero-order chi connectivity index (χ0) is 26.1. The number of hydrogen-bond donors (Lipinski definition) is 0. The number of benzene rings is 1. The zero-order valence-corrected chi connectivity index (χ0v) is 19.7. The molecule has 0 saturated heterocycles. The Bertz CT molecular complexity index is 1350. The molecule has 3 aromatic rings. The number of alkyl halides is 3. The SMILES string of the molecule is CC(C)Cn1c(-c2cnn(Cc3ccccc3C(F)(F)F)c2)c([N+](=O)[O-])c(=O)n(CC(C)C)c1=O. The lowest BCUT2D eigenvalue weighted by Crippen LogP contribution is -2.43. The van der Waals surface area contributed by atoms with Crippen LogP contribution in [0.1, 0.15) is 38.8 Å². The van der Waals surface area contributed by atoms with Crippen LogP contribution in [0.5, 0.6) is 0 Å². The topological polar surface area (TPSA) is 105 Å². The molecule has 0 spiro atoms. The molecule has 0 N–H and O–H groups in total. The van der Waals surface area contributed by atoms with Gasteiger partial charge in [-0.1, -0.05) is 45.9 Å². The Kier molecular flexibility index (Phi) is 7.32. The summed E-state index contributed by atoms with van der Waals surface area (Å²) in [4.78, 5) is 37.4. The van der Waals surface area contributed by atoms with Crippen molar-refractivity contribution in [2.24, 2.45) is 11.8 Å². The van der Waals surface area contributed by atoms with Crippen LogP contribution in [0.3, 0.4) is 0 Å². The van der Waals surface area contributed by atoms with Gasteiger partial charge in [0.15, 0.2) is 0 Å². The largest absolute Gasteiger partial charge is 0.416 e. The molecule has 12 heteroatoms. The summed E-state index contributed by atoms with van der Waals surface area (Å²) in [5.74, 6) is -0.209. The molecule has 0 amide bonds. The molecule has 3 rings (SSSR count). The van der Waals surface area contributed by atoms with Crippen LogP contribution in [0.2, 0.25) is 0 Å². The minimum Gasteiger partial charge on any atom is -0.287 e. The molecule has 2 aromatic heterocycles. The third-order valence-corrected chi connectivity index (χ3v) is 5.24. The number of aromatic nitrogens is 4. The van der Waals surface area contributed by atoms with Gasteiger partial charge < -0.3 is 0 Å². The molecule has 0 unspecified atom stereocenters. The van der Waals surface area contributed by atoms with E-state index in [-0.39, 0.29) is 48.3 Å². The second-order valence-corrected chi connectivity index (χ2v) is 9.13. The van der Waals surface area contributed by atoms with Gasteiger partial charge in [-0.25, -0.2) is 4.79 Å². The molecular weight excluding hydrogens is 467 g/mol. The molecule has 0 fully saturated rings. The Morgan fingerprint density at radius 1 is 1.03 bits per heavy atom. The highest BCUT2D eigenvalue weighted by atomic mass is 19.4. The fourth-order valence-corrected chi connectivity index (χ4v) is 3.88. The second kappa shape index (κ2) is 9.88. The molecule has 0 saturated carbocycles. The molecule has 1 aromatic carbocycles. The fraction of sp³-hybridized carbons (Fsp3) is 0.435. The van der Waals surface area contributed by atoms with Gasteiger partial charge in [-0.05, 0) is 23.5 Å². The average molecular weight is 493 g/mol. The minimum absolute atomic E-state index is 0.00434. The highest BCUT2D eigenvalue weighted by Crippen LogP contribution is 2.32. The monoisotopic (exact) mass is 493 g/mol. The lowest BCUT2D eigenvalue weighted by atomic mass is 10.1. The van der Waals surface area contributed by atoms with E-state index >= 15 is 0 Å². The number of halogens is 3. The first-order valence-corrected chi connectivity index (χ1v) is 11.0. The Labute approximate surface area is 198 Å². The predicted molar refractivity (Wildman–Crippen MR) is 123 cm³/mol. The van der Waals surface area contributed by atoms with E-state index < -0.39 is 33.6 Å². The first kappa shape index (κ1) is 25.9. The van der Waals surface area contributed by atoms with E-state index in [0.717, 1.165) is 10.6 Å². The summed E-state index contributed by atoms with van der Waals surface area (Å²) in [6, 6.07) is 5.02. The Morgan fingerprint density at radius 2 is 1.63 bits per heavy atom. The van der Waals surface area contributed by atoms with E-state index in [4.69, 9.17) is 0 Å². The van der Waals surface area contributed by atoms with Gasteiger partial charge in [0, 0.05) is 24.8 Å². The number of nitro groups is 1. The van der Waals surface area contributed by atoms with Gasteiger partial charge >= 0.3 is 23.1 Å². The Balaban J connectivity index is 2.20. The van der Waals surface area contributed by atoms with Crippen molar-refractivity contribution in [3.63, 3.8) is 0 Å². The Hall–Kier alpha value is -3.70. The molecule has 35 heavy (non-hydrogen) atoms. The van der Waals surface area contributed by atoms with E-state index in [1.54, 1.807) is 13.8 Å². The van der Waals surface area contributed by atoms with Gasteiger partial charge in [0.2, 0.25) is 0 Å². The summed E-state index contributed by atoms with van der Waals surface area (Å²) < 4.78 is 43.3. The van der Waals surface area contributed by atoms with Crippen molar-refractivity contribution in [1.29, 1.82) is 0 Å². The quantitative estimate of drug-likeness (QED) is 0.346. The molecule has 2 heterocycles. The molecule has 9 nitrogen and oxygen atoms in total. The Morgan fingerprint density at radius 3 is 2.20 bits per heavy atom. The molecule has 0 atom stereocenters. The van der Waals surface area contributed by atoms with Crippen molar-refractivity contribution in [3.05, 3.63) is 78.7 Å². The van der Waals surface area contributed by atoms with Crippen LogP contribution in [0.4, 0.5) is 18.9 Å². The van der Waals surface area contributed by atoms with Crippen molar-refractivity contribution in [2.75, 3.05) is 0 Å². The van der Waals surface area contributed by atoms with Crippen LogP contribution in [0.25, 0.3) is 11.3 Å². The fourth-order valence-electron chi connectivity index (χ4n) is 3.88. The first-order valence-electron chi connectivity index (χ1n) is 11.0. The molecular formula is C23H26F3N5O4. The van der Waals surface area contributed by atoms with Gasteiger partial charge in [0.1, 0.15) is 5.69 Å². The zero-order valence-electron chi connectivity index (χ0n) is 19.7. The van der Waals surface area contributed by atoms with Crippen LogP contribution in [0.15, 0.2) is 46.2 Å². The average Bonchev–Trinajstić information content (AvgIpc) is 3.19. The third-order valence-electron chi connectivity index (χ3n) is 5.24. The van der Waals surface area contributed by atoms with Crippen molar-refractivity contribution < 1.29 is 18.1 Å². The van der Waals surface area contributed by atoms with Crippen molar-refractivity contribution in [1.82, 2.24) is 18.9 Å². The van der Waals surface area contributed by atoms with E-state index in [9.17, 15) is 32.9 Å². The summed E-state index contributed by atoms with van der Waals surface area (Å²) in [5, 5.41) is 16.0. The number of hydrogen-bond acceptors (Lipinski definition) is 5.